The number of fused-ring (bicyclic) bond motifs is 1. The Hall–Kier alpha value is -1.61. The molecule has 2 rings (SSSR count). The maximum atomic E-state index is 5.11. The first-order valence-corrected chi connectivity index (χ1v) is 5.60. The molecule has 0 heterocycles. The highest BCUT2D eigenvalue weighted by Crippen LogP contribution is 2.25. The van der Waals surface area contributed by atoms with Crippen LogP contribution in [0.5, 0.6) is 0 Å². The van der Waals surface area contributed by atoms with Crippen molar-refractivity contribution >= 4 is 33.8 Å². The van der Waals surface area contributed by atoms with Crippen molar-refractivity contribution in [3.05, 3.63) is 42.0 Å². The van der Waals surface area contributed by atoms with Crippen LogP contribution in [0.1, 0.15) is 5.56 Å². The normalized spacial score (nSPS) is 10.1. The first-order chi connectivity index (χ1) is 7.72. The molecule has 3 heteroatoms. The summed E-state index contributed by atoms with van der Waals surface area (Å²) in [7, 11) is 1.81. The number of anilines is 1. The van der Waals surface area contributed by atoms with Gasteiger partial charge in [-0.25, -0.2) is 0 Å². The molecule has 0 radical (unpaired) electrons. The van der Waals surface area contributed by atoms with E-state index in [1.54, 1.807) is 0 Å². The largest absolute Gasteiger partial charge is 0.366 e. The van der Waals surface area contributed by atoms with Crippen LogP contribution >= 0.6 is 12.2 Å². The standard InChI is InChI=1S/C13H14N2S/c1-9-7-8-12(15-13(16)14-2)11-6-4-3-5-10(9)11/h3-8H,1-2H3,(H2,14,15,16). The molecule has 0 aliphatic carbocycles. The van der Waals surface area contributed by atoms with E-state index in [-0.39, 0.29) is 0 Å². The first-order valence-electron chi connectivity index (χ1n) is 5.19. The van der Waals surface area contributed by atoms with E-state index in [4.69, 9.17) is 12.2 Å². The second-order valence-corrected chi connectivity index (χ2v) is 4.09. The Bertz CT molecular complexity index is 534. The van der Waals surface area contributed by atoms with Crippen LogP contribution in [0.15, 0.2) is 36.4 Å². The molecule has 16 heavy (non-hydrogen) atoms. The minimum atomic E-state index is 0.633. The molecule has 0 amide bonds. The average Bonchev–Trinajstić information content (AvgIpc) is 2.33. The predicted octanol–water partition coefficient (Wildman–Crippen LogP) is 3.06. The second-order valence-electron chi connectivity index (χ2n) is 3.68. The van der Waals surface area contributed by atoms with Crippen LogP contribution in [0.3, 0.4) is 0 Å². The second kappa shape index (κ2) is 4.49. The molecule has 0 saturated carbocycles. The van der Waals surface area contributed by atoms with E-state index in [1.807, 2.05) is 13.1 Å². The van der Waals surface area contributed by atoms with Gasteiger partial charge in [0.05, 0.1) is 0 Å². The fraction of sp³-hybridized carbons (Fsp3) is 0.154. The van der Waals surface area contributed by atoms with Gasteiger partial charge in [-0.2, -0.15) is 0 Å². The predicted molar refractivity (Wildman–Crippen MR) is 74.0 cm³/mol. The Labute approximate surface area is 101 Å². The van der Waals surface area contributed by atoms with Gasteiger partial charge in [-0.3, -0.25) is 0 Å². The van der Waals surface area contributed by atoms with Gasteiger partial charge in [0.15, 0.2) is 5.11 Å². The number of hydrogen-bond donors (Lipinski definition) is 2. The Morgan fingerprint density at radius 2 is 1.75 bits per heavy atom. The van der Waals surface area contributed by atoms with Crippen molar-refractivity contribution in [1.82, 2.24) is 5.32 Å². The highest BCUT2D eigenvalue weighted by atomic mass is 32.1. The molecular weight excluding hydrogens is 216 g/mol. The fourth-order valence-electron chi connectivity index (χ4n) is 1.74. The van der Waals surface area contributed by atoms with Crippen LogP contribution in [0.4, 0.5) is 5.69 Å². The topological polar surface area (TPSA) is 24.1 Å². The maximum absolute atomic E-state index is 5.11. The van der Waals surface area contributed by atoms with Gasteiger partial charge in [-0.1, -0.05) is 30.3 Å². The van der Waals surface area contributed by atoms with Gasteiger partial charge in [0.2, 0.25) is 0 Å². The van der Waals surface area contributed by atoms with E-state index >= 15 is 0 Å². The summed E-state index contributed by atoms with van der Waals surface area (Å²) in [4.78, 5) is 0. The number of rotatable bonds is 1. The van der Waals surface area contributed by atoms with E-state index in [1.165, 1.54) is 16.3 Å². The molecule has 2 N–H and O–H groups in total. The molecule has 0 spiro atoms. The quantitative estimate of drug-likeness (QED) is 0.736. The number of benzene rings is 2. The highest BCUT2D eigenvalue weighted by Gasteiger charge is 2.03. The lowest BCUT2D eigenvalue weighted by Gasteiger charge is -2.11. The van der Waals surface area contributed by atoms with Crippen molar-refractivity contribution in [3.63, 3.8) is 0 Å². The first kappa shape index (κ1) is 10.9. The average molecular weight is 230 g/mol. The summed E-state index contributed by atoms with van der Waals surface area (Å²) in [6.07, 6.45) is 0. The van der Waals surface area contributed by atoms with E-state index in [0.717, 1.165) is 5.69 Å². The summed E-state index contributed by atoms with van der Waals surface area (Å²) in [6.45, 7) is 2.11. The van der Waals surface area contributed by atoms with Gasteiger partial charge >= 0.3 is 0 Å². The molecule has 82 valence electrons. The molecule has 2 aromatic rings. The fourth-order valence-corrected chi connectivity index (χ4v) is 1.85. The van der Waals surface area contributed by atoms with Crippen molar-refractivity contribution in [2.24, 2.45) is 0 Å². The van der Waals surface area contributed by atoms with Crippen LogP contribution in [0.25, 0.3) is 10.8 Å². The third kappa shape index (κ3) is 1.99. The number of thiocarbonyl (C=S) groups is 1. The molecule has 0 aliphatic rings. The lowest BCUT2D eigenvalue weighted by atomic mass is 10.0. The molecule has 0 aliphatic heterocycles. The molecule has 0 bridgehead atoms. The Balaban J connectivity index is 2.54. The van der Waals surface area contributed by atoms with Crippen molar-refractivity contribution in [2.75, 3.05) is 12.4 Å². The maximum Gasteiger partial charge on any atom is 0.170 e. The van der Waals surface area contributed by atoms with Crippen LogP contribution in [-0.4, -0.2) is 12.2 Å². The molecular formula is C13H14N2S. The molecule has 2 nitrogen and oxygen atoms in total. The summed E-state index contributed by atoms with van der Waals surface area (Å²) in [5, 5.41) is 9.18. The molecule has 2 aromatic carbocycles. The molecule has 0 saturated heterocycles. The third-order valence-electron chi connectivity index (χ3n) is 2.62. The van der Waals surface area contributed by atoms with Crippen molar-refractivity contribution in [2.45, 2.75) is 6.92 Å². The van der Waals surface area contributed by atoms with Crippen molar-refractivity contribution < 1.29 is 0 Å². The Morgan fingerprint density at radius 1 is 1.06 bits per heavy atom. The minimum absolute atomic E-state index is 0.633. The SMILES string of the molecule is CNC(=S)Nc1ccc(C)c2ccccc12. The van der Waals surface area contributed by atoms with Crippen molar-refractivity contribution in [3.8, 4) is 0 Å². The van der Waals surface area contributed by atoms with Crippen LogP contribution in [0, 0.1) is 6.92 Å². The number of hydrogen-bond acceptors (Lipinski definition) is 1. The smallest absolute Gasteiger partial charge is 0.170 e. The van der Waals surface area contributed by atoms with Crippen molar-refractivity contribution in [1.29, 1.82) is 0 Å². The van der Waals surface area contributed by atoms with E-state index < -0.39 is 0 Å². The lowest BCUT2D eigenvalue weighted by Crippen LogP contribution is -2.24. The summed E-state index contributed by atoms with van der Waals surface area (Å²) in [5.74, 6) is 0. The lowest BCUT2D eigenvalue weighted by molar-refractivity contribution is 1.20. The van der Waals surface area contributed by atoms with Gasteiger partial charge in [0.25, 0.3) is 0 Å². The zero-order valence-corrected chi connectivity index (χ0v) is 10.2. The summed E-state index contributed by atoms with van der Waals surface area (Å²) < 4.78 is 0. The molecule has 0 fully saturated rings. The van der Waals surface area contributed by atoms with Gasteiger partial charge in [-0.15, -0.1) is 0 Å². The van der Waals surface area contributed by atoms with E-state index in [2.05, 4.69) is 47.9 Å². The zero-order chi connectivity index (χ0) is 11.5. The van der Waals surface area contributed by atoms with Crippen LogP contribution in [-0.2, 0) is 0 Å². The van der Waals surface area contributed by atoms with E-state index in [9.17, 15) is 0 Å². The van der Waals surface area contributed by atoms with Gasteiger partial charge in [0.1, 0.15) is 0 Å². The molecule has 0 aromatic heterocycles. The van der Waals surface area contributed by atoms with Crippen LogP contribution < -0.4 is 10.6 Å². The van der Waals surface area contributed by atoms with E-state index in [0.29, 0.717) is 5.11 Å². The number of nitrogens with one attached hydrogen (secondary N) is 2. The van der Waals surface area contributed by atoms with Gasteiger partial charge in [0, 0.05) is 18.1 Å². The summed E-state index contributed by atoms with van der Waals surface area (Å²) in [5.41, 5.74) is 2.32. The Morgan fingerprint density at radius 3 is 2.44 bits per heavy atom. The van der Waals surface area contributed by atoms with Crippen LogP contribution in [0.2, 0.25) is 0 Å². The van der Waals surface area contributed by atoms with Gasteiger partial charge in [-0.05, 0) is 36.2 Å². The summed E-state index contributed by atoms with van der Waals surface area (Å²) >= 11 is 5.11. The monoisotopic (exact) mass is 230 g/mol. The summed E-state index contributed by atoms with van der Waals surface area (Å²) in [6, 6.07) is 12.5. The van der Waals surface area contributed by atoms with Gasteiger partial charge < -0.3 is 10.6 Å². The Kier molecular flexibility index (Phi) is 3.06. The number of aryl methyl sites for hydroxylation is 1. The highest BCUT2D eigenvalue weighted by molar-refractivity contribution is 7.80. The third-order valence-corrected chi connectivity index (χ3v) is 2.92. The molecule has 0 unspecified atom stereocenters. The minimum Gasteiger partial charge on any atom is -0.366 e. The zero-order valence-electron chi connectivity index (χ0n) is 9.37. The molecule has 0 atom stereocenters.